The minimum atomic E-state index is 0.646. The molecule has 1 aromatic heterocycles. The first kappa shape index (κ1) is 23.5. The number of nitrogens with zero attached hydrogens (tertiary/aromatic N) is 4. The second-order valence-electron chi connectivity index (χ2n) is 7.01. The van der Waals surface area contributed by atoms with Gasteiger partial charge in [0.05, 0.1) is 18.4 Å². The molecular formula is C25H30N6. The molecule has 0 saturated carbocycles. The van der Waals surface area contributed by atoms with Gasteiger partial charge in [0.25, 0.3) is 0 Å². The Kier molecular flexibility index (Phi) is 9.60. The molecule has 160 valence electrons. The molecule has 0 radical (unpaired) electrons. The Bertz CT molecular complexity index is 1050. The van der Waals surface area contributed by atoms with Gasteiger partial charge >= 0.3 is 0 Å². The molecule has 2 aromatic rings. The number of nitrogens with one attached hydrogen (secondary N) is 1. The second-order valence-corrected chi connectivity index (χ2v) is 7.01. The fraction of sp³-hybridized carbons (Fsp3) is 0.200. The van der Waals surface area contributed by atoms with Crippen molar-refractivity contribution in [1.82, 2.24) is 14.6 Å². The third kappa shape index (κ3) is 8.21. The van der Waals surface area contributed by atoms with Gasteiger partial charge in [0, 0.05) is 36.9 Å². The number of nitrogens with two attached hydrogens (primary N) is 1. The number of hydrogen-bond donors (Lipinski definition) is 2. The van der Waals surface area contributed by atoms with E-state index >= 15 is 0 Å². The summed E-state index contributed by atoms with van der Waals surface area (Å²) < 4.78 is 1.77. The lowest BCUT2D eigenvalue weighted by Crippen LogP contribution is -2.19. The van der Waals surface area contributed by atoms with Crippen molar-refractivity contribution >= 4 is 12.3 Å². The number of likely N-dealkylation sites (N-methyl/N-ethyl adjacent to an activating group) is 1. The SMILES string of the molecule is C=Cc1ccc(C)c(C#Cc2cncccccn2NC(C=NCCN(C)C)=CN)c1. The number of hydrogen-bond acceptors (Lipinski definition) is 5. The fourth-order valence-electron chi connectivity index (χ4n) is 2.45. The highest BCUT2D eigenvalue weighted by Crippen LogP contribution is 2.11. The molecule has 0 saturated heterocycles. The first-order valence-electron chi connectivity index (χ1n) is 9.97. The van der Waals surface area contributed by atoms with Crippen molar-refractivity contribution in [2.75, 3.05) is 32.6 Å². The van der Waals surface area contributed by atoms with Gasteiger partial charge in [0.2, 0.25) is 0 Å². The number of aromatic nitrogens is 2. The van der Waals surface area contributed by atoms with Gasteiger partial charge in [-0.05, 0) is 56.3 Å². The number of allylic oxidation sites excluding steroid dienone is 1. The lowest BCUT2D eigenvalue weighted by atomic mass is 10.1. The average molecular weight is 415 g/mol. The van der Waals surface area contributed by atoms with E-state index < -0.39 is 0 Å². The van der Waals surface area contributed by atoms with E-state index in [0.717, 1.165) is 23.2 Å². The predicted octanol–water partition coefficient (Wildman–Crippen LogP) is 3.33. The molecule has 3 N–H and O–H groups in total. The minimum absolute atomic E-state index is 0.646. The van der Waals surface area contributed by atoms with E-state index in [1.807, 2.05) is 69.7 Å². The lowest BCUT2D eigenvalue weighted by Gasteiger charge is -2.11. The van der Waals surface area contributed by atoms with Gasteiger partial charge in [-0.1, -0.05) is 36.8 Å². The van der Waals surface area contributed by atoms with Crippen LogP contribution in [0.3, 0.4) is 0 Å². The smallest absolute Gasteiger partial charge is 0.131 e. The third-order valence-electron chi connectivity index (χ3n) is 4.24. The molecule has 0 bridgehead atoms. The maximum Gasteiger partial charge on any atom is 0.131 e. The Morgan fingerprint density at radius 1 is 1.29 bits per heavy atom. The molecule has 0 aliphatic rings. The summed E-state index contributed by atoms with van der Waals surface area (Å²) in [7, 11) is 4.02. The third-order valence-corrected chi connectivity index (χ3v) is 4.24. The highest BCUT2D eigenvalue weighted by atomic mass is 15.4. The Labute approximate surface area is 185 Å². The zero-order valence-corrected chi connectivity index (χ0v) is 18.4. The van der Waals surface area contributed by atoms with Gasteiger partial charge in [-0.15, -0.1) is 0 Å². The molecule has 0 spiro atoms. The molecular weight excluding hydrogens is 384 g/mol. The van der Waals surface area contributed by atoms with Crippen LogP contribution in [0.5, 0.6) is 0 Å². The Morgan fingerprint density at radius 3 is 2.87 bits per heavy atom. The van der Waals surface area contributed by atoms with E-state index in [-0.39, 0.29) is 0 Å². The number of aliphatic imine (C=N–C) groups is 1. The Morgan fingerprint density at radius 2 is 2.13 bits per heavy atom. The molecule has 0 amide bonds. The molecule has 31 heavy (non-hydrogen) atoms. The number of aryl methyl sites for hydroxylation is 1. The van der Waals surface area contributed by atoms with Crippen LogP contribution in [-0.4, -0.2) is 48.0 Å². The molecule has 1 heterocycles. The summed E-state index contributed by atoms with van der Waals surface area (Å²) >= 11 is 0. The van der Waals surface area contributed by atoms with E-state index in [0.29, 0.717) is 17.9 Å². The van der Waals surface area contributed by atoms with Crippen molar-refractivity contribution in [2.24, 2.45) is 10.7 Å². The second kappa shape index (κ2) is 12.7. The van der Waals surface area contributed by atoms with Gasteiger partial charge in [-0.2, -0.15) is 0 Å². The fourth-order valence-corrected chi connectivity index (χ4v) is 2.45. The largest absolute Gasteiger partial charge is 0.403 e. The normalized spacial score (nSPS) is 11.0. The zero-order valence-electron chi connectivity index (χ0n) is 18.4. The van der Waals surface area contributed by atoms with Crippen molar-refractivity contribution in [3.63, 3.8) is 0 Å². The molecule has 0 atom stereocenters. The summed E-state index contributed by atoms with van der Waals surface area (Å²) in [5.41, 5.74) is 13.4. The van der Waals surface area contributed by atoms with Gasteiger partial charge in [-0.3, -0.25) is 20.1 Å². The highest BCUT2D eigenvalue weighted by molar-refractivity contribution is 5.80. The van der Waals surface area contributed by atoms with E-state index in [2.05, 4.69) is 38.7 Å². The van der Waals surface area contributed by atoms with Crippen molar-refractivity contribution in [3.05, 3.63) is 95.8 Å². The molecule has 0 fully saturated rings. The summed E-state index contributed by atoms with van der Waals surface area (Å²) in [5, 5.41) is 0. The molecule has 0 unspecified atom stereocenters. The standard InChI is InChI=1S/C25H30N6/c1-5-22-10-9-21(2)23(17-22)11-12-25-20-27-13-7-6-8-15-31(25)29-24(18-26)19-28-14-16-30(3)4/h5-10,13,15,17-20,29H,1,14,16,26H2,2-4H3. The first-order valence-corrected chi connectivity index (χ1v) is 9.97. The maximum absolute atomic E-state index is 5.81. The van der Waals surface area contributed by atoms with E-state index in [1.165, 1.54) is 6.20 Å². The topological polar surface area (TPSA) is 71.5 Å². The van der Waals surface area contributed by atoms with Crippen LogP contribution in [0.15, 0.2) is 78.5 Å². The zero-order chi connectivity index (χ0) is 22.5. The van der Waals surface area contributed by atoms with Crippen LogP contribution in [-0.2, 0) is 0 Å². The van der Waals surface area contributed by atoms with Gasteiger partial charge in [-0.25, -0.2) is 0 Å². The molecule has 1 aromatic carbocycles. The number of benzene rings is 1. The minimum Gasteiger partial charge on any atom is -0.403 e. The van der Waals surface area contributed by atoms with Gasteiger partial charge in [0.15, 0.2) is 0 Å². The monoisotopic (exact) mass is 414 g/mol. The van der Waals surface area contributed by atoms with Crippen molar-refractivity contribution < 1.29 is 0 Å². The van der Waals surface area contributed by atoms with Crippen LogP contribution >= 0.6 is 0 Å². The highest BCUT2D eigenvalue weighted by Gasteiger charge is 1.99. The van der Waals surface area contributed by atoms with Crippen molar-refractivity contribution in [3.8, 4) is 11.8 Å². The molecule has 6 heteroatoms. The van der Waals surface area contributed by atoms with Crippen molar-refractivity contribution in [1.29, 1.82) is 0 Å². The van der Waals surface area contributed by atoms with Crippen LogP contribution in [0.2, 0.25) is 0 Å². The van der Waals surface area contributed by atoms with Crippen LogP contribution in [0.4, 0.5) is 0 Å². The number of rotatable bonds is 7. The Hall–Kier alpha value is -3.82. The molecule has 0 aliphatic heterocycles. The van der Waals surface area contributed by atoms with Gasteiger partial charge < -0.3 is 10.6 Å². The van der Waals surface area contributed by atoms with Crippen LogP contribution in [0, 0.1) is 18.8 Å². The predicted molar refractivity (Wildman–Crippen MR) is 131 cm³/mol. The quantitative estimate of drug-likeness (QED) is 0.539. The van der Waals surface area contributed by atoms with E-state index in [1.54, 1.807) is 23.3 Å². The Balaban J connectivity index is 2.41. The van der Waals surface area contributed by atoms with Crippen LogP contribution in [0.1, 0.15) is 22.4 Å². The average Bonchev–Trinajstić information content (AvgIpc) is 2.87. The molecule has 6 nitrogen and oxygen atoms in total. The van der Waals surface area contributed by atoms with Gasteiger partial charge in [0.1, 0.15) is 5.69 Å². The molecule has 2 rings (SSSR count). The first-order chi connectivity index (χ1) is 15.0. The lowest BCUT2D eigenvalue weighted by molar-refractivity contribution is 0.421. The van der Waals surface area contributed by atoms with E-state index in [9.17, 15) is 0 Å². The molecule has 0 aliphatic carbocycles. The summed E-state index contributed by atoms with van der Waals surface area (Å²) in [6.07, 6.45) is 10.3. The van der Waals surface area contributed by atoms with Crippen LogP contribution in [0.25, 0.3) is 6.08 Å². The summed E-state index contributed by atoms with van der Waals surface area (Å²) in [6.45, 7) is 7.40. The van der Waals surface area contributed by atoms with Crippen molar-refractivity contribution in [2.45, 2.75) is 6.92 Å². The summed E-state index contributed by atoms with van der Waals surface area (Å²) in [6, 6.07) is 11.7. The van der Waals surface area contributed by atoms with Crippen LogP contribution < -0.4 is 11.2 Å². The summed E-state index contributed by atoms with van der Waals surface area (Å²) in [5.74, 6) is 6.46. The maximum atomic E-state index is 5.81. The van der Waals surface area contributed by atoms with E-state index in [4.69, 9.17) is 5.73 Å². The summed E-state index contributed by atoms with van der Waals surface area (Å²) in [4.78, 5) is 10.8.